The van der Waals surface area contributed by atoms with Crippen LogP contribution in [0, 0.1) is 0 Å². The Bertz CT molecular complexity index is 425. The highest BCUT2D eigenvalue weighted by molar-refractivity contribution is 5.36. The lowest BCUT2D eigenvalue weighted by Crippen LogP contribution is -2.34. The molecule has 2 aliphatic rings. The van der Waals surface area contributed by atoms with Gasteiger partial charge in [-0.1, -0.05) is 31.2 Å². The molecule has 3 unspecified atom stereocenters. The van der Waals surface area contributed by atoms with Gasteiger partial charge in [0.15, 0.2) is 0 Å². The van der Waals surface area contributed by atoms with Crippen LogP contribution in [-0.2, 0) is 11.2 Å². The number of nitrogens with one attached hydrogen (secondary N) is 1. The molecule has 1 heterocycles. The summed E-state index contributed by atoms with van der Waals surface area (Å²) >= 11 is 0. The molecular weight excluding hydrogens is 246 g/mol. The molecule has 1 aromatic carbocycles. The Labute approximate surface area is 122 Å². The van der Waals surface area contributed by atoms with Gasteiger partial charge in [0, 0.05) is 12.6 Å². The molecule has 1 aromatic rings. The normalized spacial score (nSPS) is 26.6. The molecule has 0 aromatic heterocycles. The van der Waals surface area contributed by atoms with E-state index in [1.165, 1.54) is 38.5 Å². The smallest absolute Gasteiger partial charge is 0.0576 e. The first-order valence-electron chi connectivity index (χ1n) is 8.31. The van der Waals surface area contributed by atoms with Crippen LogP contribution in [0.1, 0.15) is 56.1 Å². The zero-order chi connectivity index (χ0) is 13.8. The zero-order valence-electron chi connectivity index (χ0n) is 12.6. The van der Waals surface area contributed by atoms with E-state index in [0.29, 0.717) is 18.1 Å². The van der Waals surface area contributed by atoms with Gasteiger partial charge in [-0.2, -0.15) is 0 Å². The van der Waals surface area contributed by atoms with Crippen LogP contribution in [0.4, 0.5) is 0 Å². The number of benzene rings is 1. The quantitative estimate of drug-likeness (QED) is 0.854. The summed E-state index contributed by atoms with van der Waals surface area (Å²) < 4.78 is 5.79. The molecule has 2 nitrogen and oxygen atoms in total. The van der Waals surface area contributed by atoms with Crippen LogP contribution in [0.3, 0.4) is 0 Å². The van der Waals surface area contributed by atoms with Crippen LogP contribution in [-0.4, -0.2) is 25.3 Å². The van der Waals surface area contributed by atoms with Gasteiger partial charge in [0.1, 0.15) is 0 Å². The molecule has 1 aliphatic heterocycles. The van der Waals surface area contributed by atoms with Gasteiger partial charge in [0.25, 0.3) is 0 Å². The van der Waals surface area contributed by atoms with Gasteiger partial charge < -0.3 is 10.1 Å². The number of hydrogen-bond acceptors (Lipinski definition) is 2. The molecule has 1 aliphatic carbocycles. The summed E-state index contributed by atoms with van der Waals surface area (Å²) in [7, 11) is 0. The highest BCUT2D eigenvalue weighted by Crippen LogP contribution is 2.37. The van der Waals surface area contributed by atoms with E-state index in [1.807, 2.05) is 0 Å². The van der Waals surface area contributed by atoms with Crippen molar-refractivity contribution in [2.24, 2.45) is 0 Å². The van der Waals surface area contributed by atoms with Crippen molar-refractivity contribution in [3.05, 3.63) is 35.4 Å². The van der Waals surface area contributed by atoms with E-state index in [4.69, 9.17) is 4.74 Å². The highest BCUT2D eigenvalue weighted by Gasteiger charge is 2.29. The van der Waals surface area contributed by atoms with Crippen LogP contribution in [0.25, 0.3) is 0 Å². The van der Waals surface area contributed by atoms with E-state index in [1.54, 1.807) is 11.1 Å². The van der Waals surface area contributed by atoms with Crippen molar-refractivity contribution in [2.45, 2.75) is 63.5 Å². The van der Waals surface area contributed by atoms with Crippen LogP contribution < -0.4 is 5.32 Å². The van der Waals surface area contributed by atoms with Gasteiger partial charge in [-0.15, -0.1) is 0 Å². The van der Waals surface area contributed by atoms with Gasteiger partial charge in [-0.05, 0) is 62.1 Å². The number of hydrogen-bond donors (Lipinski definition) is 1. The second-order valence-electron chi connectivity index (χ2n) is 6.22. The SMILES string of the molecule is CCNC(CCC1CCCO1)C1CCc2ccccc21. The van der Waals surface area contributed by atoms with Crippen molar-refractivity contribution in [3.63, 3.8) is 0 Å². The molecule has 0 bridgehead atoms. The lowest BCUT2D eigenvalue weighted by Gasteiger charge is -2.26. The first-order chi connectivity index (χ1) is 9.88. The molecule has 1 saturated heterocycles. The Morgan fingerprint density at radius 2 is 2.20 bits per heavy atom. The Balaban J connectivity index is 1.64. The van der Waals surface area contributed by atoms with Gasteiger partial charge >= 0.3 is 0 Å². The van der Waals surface area contributed by atoms with Gasteiger partial charge in [0.2, 0.25) is 0 Å². The molecule has 1 fully saturated rings. The molecule has 20 heavy (non-hydrogen) atoms. The summed E-state index contributed by atoms with van der Waals surface area (Å²) in [6.45, 7) is 4.26. The zero-order valence-corrected chi connectivity index (χ0v) is 12.6. The summed E-state index contributed by atoms with van der Waals surface area (Å²) in [6, 6.07) is 9.63. The molecule has 2 heteroatoms. The van der Waals surface area contributed by atoms with Crippen molar-refractivity contribution in [3.8, 4) is 0 Å². The summed E-state index contributed by atoms with van der Waals surface area (Å²) in [6.07, 6.45) is 8.06. The van der Waals surface area contributed by atoms with E-state index >= 15 is 0 Å². The molecule has 3 rings (SSSR count). The fraction of sp³-hybridized carbons (Fsp3) is 0.667. The molecule has 0 saturated carbocycles. The Morgan fingerprint density at radius 1 is 1.30 bits per heavy atom. The summed E-state index contributed by atoms with van der Waals surface area (Å²) in [5.74, 6) is 0.701. The molecule has 0 radical (unpaired) electrons. The minimum absolute atomic E-state index is 0.521. The Morgan fingerprint density at radius 3 is 3.00 bits per heavy atom. The standard InChI is InChI=1S/C18H27NO/c1-2-19-18(12-10-15-7-5-13-20-15)17-11-9-14-6-3-4-8-16(14)17/h3-4,6,8,15,17-19H,2,5,7,9-13H2,1H3. The Kier molecular flexibility index (Phi) is 4.74. The number of rotatable bonds is 6. The van der Waals surface area contributed by atoms with Crippen LogP contribution in [0.15, 0.2) is 24.3 Å². The second-order valence-corrected chi connectivity index (χ2v) is 6.22. The number of fused-ring (bicyclic) bond motifs is 1. The average molecular weight is 273 g/mol. The van der Waals surface area contributed by atoms with Crippen LogP contribution in [0.2, 0.25) is 0 Å². The average Bonchev–Trinajstić information content (AvgIpc) is 3.13. The van der Waals surface area contributed by atoms with Gasteiger partial charge in [0.05, 0.1) is 6.10 Å². The predicted molar refractivity (Wildman–Crippen MR) is 83.2 cm³/mol. The minimum atomic E-state index is 0.521. The fourth-order valence-corrected chi connectivity index (χ4v) is 3.95. The molecule has 3 atom stereocenters. The topological polar surface area (TPSA) is 21.3 Å². The van der Waals surface area contributed by atoms with Crippen molar-refractivity contribution in [1.82, 2.24) is 5.32 Å². The largest absolute Gasteiger partial charge is 0.378 e. The second kappa shape index (κ2) is 6.73. The van der Waals surface area contributed by atoms with E-state index in [2.05, 4.69) is 36.5 Å². The lowest BCUT2D eigenvalue weighted by atomic mass is 9.89. The van der Waals surface area contributed by atoms with Crippen molar-refractivity contribution in [2.75, 3.05) is 13.2 Å². The highest BCUT2D eigenvalue weighted by atomic mass is 16.5. The molecule has 0 amide bonds. The number of aryl methyl sites for hydroxylation is 1. The third-order valence-electron chi connectivity index (χ3n) is 4.95. The van der Waals surface area contributed by atoms with E-state index < -0.39 is 0 Å². The van der Waals surface area contributed by atoms with Crippen LogP contribution >= 0.6 is 0 Å². The maximum Gasteiger partial charge on any atom is 0.0576 e. The molecular formula is C18H27NO. The Hall–Kier alpha value is -0.860. The first-order valence-corrected chi connectivity index (χ1v) is 8.31. The summed E-state index contributed by atoms with van der Waals surface area (Å²) in [5, 5.41) is 3.73. The summed E-state index contributed by atoms with van der Waals surface area (Å²) in [5.41, 5.74) is 3.16. The van der Waals surface area contributed by atoms with Crippen molar-refractivity contribution < 1.29 is 4.74 Å². The van der Waals surface area contributed by atoms with Gasteiger partial charge in [-0.3, -0.25) is 0 Å². The van der Waals surface area contributed by atoms with E-state index in [9.17, 15) is 0 Å². The number of likely N-dealkylation sites (N-methyl/N-ethyl adjacent to an activating group) is 1. The maximum absolute atomic E-state index is 5.79. The predicted octanol–water partition coefficient (Wildman–Crippen LogP) is 3.65. The molecule has 110 valence electrons. The monoisotopic (exact) mass is 273 g/mol. The van der Waals surface area contributed by atoms with Crippen molar-refractivity contribution >= 4 is 0 Å². The first kappa shape index (κ1) is 14.1. The van der Waals surface area contributed by atoms with E-state index in [-0.39, 0.29) is 0 Å². The maximum atomic E-state index is 5.79. The number of ether oxygens (including phenoxy) is 1. The minimum Gasteiger partial charge on any atom is -0.378 e. The third-order valence-corrected chi connectivity index (χ3v) is 4.95. The van der Waals surface area contributed by atoms with Gasteiger partial charge in [-0.25, -0.2) is 0 Å². The molecule has 0 spiro atoms. The third kappa shape index (κ3) is 3.07. The van der Waals surface area contributed by atoms with Crippen molar-refractivity contribution in [1.29, 1.82) is 0 Å². The summed E-state index contributed by atoms with van der Waals surface area (Å²) in [4.78, 5) is 0. The molecule has 1 N–H and O–H groups in total. The van der Waals surface area contributed by atoms with Crippen LogP contribution in [0.5, 0.6) is 0 Å². The van der Waals surface area contributed by atoms with E-state index in [0.717, 1.165) is 13.2 Å². The lowest BCUT2D eigenvalue weighted by molar-refractivity contribution is 0.0986. The fourth-order valence-electron chi connectivity index (χ4n) is 3.95.